The maximum absolute atomic E-state index is 13.3. The lowest BCUT2D eigenvalue weighted by Crippen LogP contribution is -2.46. The van der Waals surface area contributed by atoms with Gasteiger partial charge < -0.3 is 10.2 Å². The van der Waals surface area contributed by atoms with Crippen LogP contribution >= 0.6 is 71.0 Å². The zero-order valence-corrected chi connectivity index (χ0v) is 23.7. The van der Waals surface area contributed by atoms with Gasteiger partial charge in [-0.15, -0.1) is 0 Å². The summed E-state index contributed by atoms with van der Waals surface area (Å²) in [5.74, 6) is -0.997. The minimum absolute atomic E-state index is 0.0767. The maximum atomic E-state index is 13.3. The Morgan fingerprint density at radius 3 is 2.35 bits per heavy atom. The molecule has 34 heavy (non-hydrogen) atoms. The molecule has 0 fully saturated rings. The van der Waals surface area contributed by atoms with Crippen molar-refractivity contribution in [1.82, 2.24) is 25.3 Å². The highest BCUT2D eigenvalue weighted by atomic mass is 79.9. The van der Waals surface area contributed by atoms with Crippen LogP contribution in [0.3, 0.4) is 0 Å². The van der Waals surface area contributed by atoms with Crippen LogP contribution in [0, 0.1) is 0 Å². The number of urea groups is 1. The molecule has 2 heterocycles. The molecule has 0 aliphatic carbocycles. The summed E-state index contributed by atoms with van der Waals surface area (Å²) in [6.45, 7) is 0. The van der Waals surface area contributed by atoms with Gasteiger partial charge in [-0.25, -0.2) is 15.2 Å². The normalized spacial score (nSPS) is 10.6. The topological polar surface area (TPSA) is 108 Å². The smallest absolute Gasteiger partial charge is 0.330 e. The third-order valence-corrected chi connectivity index (χ3v) is 6.89. The molecular weight excluding hydrogens is 683 g/mol. The quantitative estimate of drug-likeness (QED) is 0.307. The van der Waals surface area contributed by atoms with Crippen molar-refractivity contribution < 1.29 is 14.4 Å². The minimum Gasteiger partial charge on any atom is -0.330 e. The first kappa shape index (κ1) is 26.5. The highest BCUT2D eigenvalue weighted by Gasteiger charge is 2.24. The Balaban J connectivity index is 1.99. The van der Waals surface area contributed by atoms with Gasteiger partial charge in [-0.2, -0.15) is 0 Å². The Kier molecular flexibility index (Phi) is 8.63. The van der Waals surface area contributed by atoms with Crippen molar-refractivity contribution in [3.8, 4) is 5.82 Å². The van der Waals surface area contributed by atoms with Crippen molar-refractivity contribution in [2.75, 3.05) is 19.4 Å². The second-order valence-corrected chi connectivity index (χ2v) is 10.2. The predicted octanol–water partition coefficient (Wildman–Crippen LogP) is 5.63. The molecule has 14 heteroatoms. The van der Waals surface area contributed by atoms with Crippen LogP contribution in [0.2, 0.25) is 10.2 Å². The van der Waals surface area contributed by atoms with Gasteiger partial charge in [0.05, 0.1) is 20.7 Å². The predicted molar refractivity (Wildman–Crippen MR) is 141 cm³/mol. The molecule has 3 aromatic rings. The summed E-state index contributed by atoms with van der Waals surface area (Å²) in [6.07, 6.45) is 1.52. The molecule has 0 unspecified atom stereocenters. The van der Waals surface area contributed by atoms with Gasteiger partial charge in [-0.3, -0.25) is 19.6 Å². The van der Waals surface area contributed by atoms with E-state index >= 15 is 0 Å². The molecule has 4 amide bonds. The first-order valence-electron chi connectivity index (χ1n) is 9.27. The first-order chi connectivity index (χ1) is 16.0. The fraction of sp³-hybridized carbons (Fsp3) is 0.100. The van der Waals surface area contributed by atoms with Crippen LogP contribution in [0.4, 0.5) is 10.5 Å². The molecule has 0 saturated heterocycles. The number of nitrogens with zero attached hydrogens (tertiary/aromatic N) is 3. The lowest BCUT2D eigenvalue weighted by atomic mass is 10.1. The Morgan fingerprint density at radius 1 is 1.00 bits per heavy atom. The van der Waals surface area contributed by atoms with Crippen LogP contribution in [0.15, 0.2) is 49.9 Å². The van der Waals surface area contributed by atoms with Gasteiger partial charge in [0.25, 0.3) is 11.8 Å². The number of carbonyl (C=O) groups is 3. The highest BCUT2D eigenvalue weighted by molar-refractivity contribution is 9.11. The first-order valence-corrected chi connectivity index (χ1v) is 12.4. The van der Waals surface area contributed by atoms with E-state index in [2.05, 4.69) is 68.9 Å². The Morgan fingerprint density at radius 2 is 1.71 bits per heavy atom. The van der Waals surface area contributed by atoms with Crippen molar-refractivity contribution >= 4 is 94.5 Å². The van der Waals surface area contributed by atoms with Crippen molar-refractivity contribution in [2.24, 2.45) is 0 Å². The zero-order valence-electron chi connectivity index (χ0n) is 17.4. The molecule has 1 aromatic carbocycles. The third-order valence-electron chi connectivity index (χ3n) is 4.31. The van der Waals surface area contributed by atoms with Crippen molar-refractivity contribution in [2.45, 2.75) is 0 Å². The average molecular weight is 698 g/mol. The van der Waals surface area contributed by atoms with E-state index in [1.807, 2.05) is 0 Å². The molecule has 9 nitrogen and oxygen atoms in total. The van der Waals surface area contributed by atoms with E-state index < -0.39 is 17.8 Å². The summed E-state index contributed by atoms with van der Waals surface area (Å²) >= 11 is 22.7. The van der Waals surface area contributed by atoms with Crippen LogP contribution in [-0.4, -0.2) is 46.4 Å². The Hall–Kier alpha value is -2.12. The number of nitrogens with one attached hydrogen (secondary N) is 3. The second-order valence-electron chi connectivity index (χ2n) is 6.86. The van der Waals surface area contributed by atoms with Crippen LogP contribution in [0.1, 0.15) is 20.8 Å². The Labute approximate surface area is 229 Å². The molecule has 2 aromatic heterocycles. The summed E-state index contributed by atoms with van der Waals surface area (Å²) in [5.41, 5.74) is 4.94. The van der Waals surface area contributed by atoms with Crippen LogP contribution in [-0.2, 0) is 0 Å². The summed E-state index contributed by atoms with van der Waals surface area (Å²) in [6, 6.07) is 7.39. The van der Waals surface area contributed by atoms with E-state index in [1.165, 1.54) is 41.9 Å². The van der Waals surface area contributed by atoms with Gasteiger partial charge in [-0.1, -0.05) is 39.1 Å². The molecule has 3 rings (SSSR count). The summed E-state index contributed by atoms with van der Waals surface area (Å²) in [4.78, 5) is 43.4. The van der Waals surface area contributed by atoms with Crippen molar-refractivity contribution in [1.29, 1.82) is 0 Å². The van der Waals surface area contributed by atoms with Gasteiger partial charge in [0.1, 0.15) is 10.8 Å². The molecular formula is C20H15Br3Cl2N6O3. The SMILES string of the molecule is CN(C)C(=O)NNC(=O)c1cc(Br)cc(Br)c1NC(=O)c1cc(Br)c(Cl)n1-c1ncccc1Cl. The number of carbonyl (C=O) groups excluding carboxylic acids is 3. The molecule has 178 valence electrons. The van der Waals surface area contributed by atoms with Crippen molar-refractivity contribution in [3.63, 3.8) is 0 Å². The molecule has 0 spiro atoms. The number of halogens is 5. The highest BCUT2D eigenvalue weighted by Crippen LogP contribution is 2.34. The number of aromatic nitrogens is 2. The van der Waals surface area contributed by atoms with Gasteiger partial charge in [0.2, 0.25) is 0 Å². The standard InChI is InChI=1S/C20H15Br3Cl2N6O3/c1-30(2)20(34)29-28-18(32)10-6-9(21)7-11(22)15(10)27-19(33)14-8-12(23)16(25)31(14)17-13(24)4-3-5-26-17/h3-8H,1-2H3,(H,27,33)(H,28,32)(H,29,34). The summed E-state index contributed by atoms with van der Waals surface area (Å²) < 4.78 is 2.81. The zero-order chi connectivity index (χ0) is 25.2. The number of rotatable bonds is 4. The number of hydrogen-bond acceptors (Lipinski definition) is 4. The van der Waals surface area contributed by atoms with Crippen LogP contribution < -0.4 is 16.2 Å². The number of anilines is 1. The average Bonchev–Trinajstić information content (AvgIpc) is 3.08. The van der Waals surface area contributed by atoms with E-state index in [9.17, 15) is 14.4 Å². The second kappa shape index (κ2) is 11.1. The van der Waals surface area contributed by atoms with Gasteiger partial charge in [-0.05, 0) is 62.2 Å². The molecule has 0 saturated carbocycles. The van der Waals surface area contributed by atoms with Gasteiger partial charge in [0.15, 0.2) is 5.82 Å². The fourth-order valence-corrected chi connectivity index (χ4v) is 4.87. The Bertz CT molecular complexity index is 1300. The van der Waals surface area contributed by atoms with Crippen LogP contribution in [0.5, 0.6) is 0 Å². The molecule has 0 aliphatic heterocycles. The van der Waals surface area contributed by atoms with E-state index in [0.29, 0.717) is 13.4 Å². The van der Waals surface area contributed by atoms with E-state index in [1.54, 1.807) is 18.2 Å². The largest absolute Gasteiger partial charge is 0.335 e. The molecule has 0 bridgehead atoms. The third kappa shape index (κ3) is 5.74. The number of amides is 4. The number of hydrazine groups is 1. The van der Waals surface area contributed by atoms with Gasteiger partial charge >= 0.3 is 6.03 Å². The van der Waals surface area contributed by atoms with E-state index in [4.69, 9.17) is 23.2 Å². The molecule has 0 atom stereocenters. The summed E-state index contributed by atoms with van der Waals surface area (Å²) in [5, 5.41) is 3.19. The molecule has 3 N–H and O–H groups in total. The number of hydrogen-bond donors (Lipinski definition) is 3. The monoisotopic (exact) mass is 694 g/mol. The lowest BCUT2D eigenvalue weighted by molar-refractivity contribution is 0.0933. The van der Waals surface area contributed by atoms with Crippen molar-refractivity contribution in [3.05, 3.63) is 71.4 Å². The summed E-state index contributed by atoms with van der Waals surface area (Å²) in [7, 11) is 3.05. The van der Waals surface area contributed by atoms with Gasteiger partial charge in [0, 0.05) is 29.2 Å². The minimum atomic E-state index is -0.658. The number of benzene rings is 1. The molecule has 0 radical (unpaired) electrons. The molecule has 0 aliphatic rings. The van der Waals surface area contributed by atoms with E-state index in [-0.39, 0.29) is 32.9 Å². The van der Waals surface area contributed by atoms with E-state index in [0.717, 1.165) is 0 Å². The number of pyridine rings is 1. The maximum Gasteiger partial charge on any atom is 0.335 e. The lowest BCUT2D eigenvalue weighted by Gasteiger charge is -2.17. The fourth-order valence-electron chi connectivity index (χ4n) is 2.72. The van der Waals surface area contributed by atoms with Crippen LogP contribution in [0.25, 0.3) is 5.82 Å².